The zero-order valence-electron chi connectivity index (χ0n) is 11.5. The molecule has 1 saturated heterocycles. The monoisotopic (exact) mass is 240 g/mol. The van der Waals surface area contributed by atoms with Crippen LogP contribution in [0, 0.1) is 5.92 Å². The Morgan fingerprint density at radius 1 is 1.41 bits per heavy atom. The first-order chi connectivity index (χ1) is 8.19. The quantitative estimate of drug-likeness (QED) is 0.802. The molecule has 2 unspecified atom stereocenters. The minimum absolute atomic E-state index is 0.346. The van der Waals surface area contributed by atoms with Crippen LogP contribution in [0.25, 0.3) is 0 Å². The lowest BCUT2D eigenvalue weighted by Gasteiger charge is -2.29. The Balaban J connectivity index is 2.46. The van der Waals surface area contributed by atoms with E-state index in [0.717, 1.165) is 19.4 Å². The fraction of sp³-hybridized carbons (Fsp3) is 0.929. The Morgan fingerprint density at radius 2 is 2.18 bits per heavy atom. The predicted octanol–water partition coefficient (Wildman–Crippen LogP) is 2.54. The van der Waals surface area contributed by atoms with Crippen LogP contribution in [-0.2, 0) is 4.79 Å². The van der Waals surface area contributed by atoms with E-state index in [2.05, 4.69) is 18.7 Å². The summed E-state index contributed by atoms with van der Waals surface area (Å²) in [5.41, 5.74) is 5.59. The summed E-state index contributed by atoms with van der Waals surface area (Å²) in [5.74, 6) is 0.810. The van der Waals surface area contributed by atoms with Gasteiger partial charge >= 0.3 is 0 Å². The fourth-order valence-corrected chi connectivity index (χ4v) is 2.56. The van der Waals surface area contributed by atoms with Crippen LogP contribution in [0.1, 0.15) is 58.8 Å². The SMILES string of the molecule is CCC1CCCCCN1C(=O)CCC(C)CN. The summed E-state index contributed by atoms with van der Waals surface area (Å²) in [5, 5.41) is 0. The van der Waals surface area contributed by atoms with Crippen LogP contribution >= 0.6 is 0 Å². The summed E-state index contributed by atoms with van der Waals surface area (Å²) in [6.07, 6.45) is 7.62. The van der Waals surface area contributed by atoms with Crippen molar-refractivity contribution >= 4 is 5.91 Å². The number of nitrogens with two attached hydrogens (primary N) is 1. The van der Waals surface area contributed by atoms with Crippen molar-refractivity contribution in [3.63, 3.8) is 0 Å². The molecule has 0 aromatic rings. The van der Waals surface area contributed by atoms with Gasteiger partial charge in [-0.15, -0.1) is 0 Å². The molecule has 0 aromatic carbocycles. The molecule has 1 amide bonds. The first-order valence-electron chi connectivity index (χ1n) is 7.18. The summed E-state index contributed by atoms with van der Waals surface area (Å²) in [7, 11) is 0. The van der Waals surface area contributed by atoms with Crippen molar-refractivity contribution in [1.29, 1.82) is 0 Å². The van der Waals surface area contributed by atoms with Gasteiger partial charge in [-0.25, -0.2) is 0 Å². The number of likely N-dealkylation sites (tertiary alicyclic amines) is 1. The van der Waals surface area contributed by atoms with Crippen molar-refractivity contribution in [2.45, 2.75) is 64.8 Å². The lowest BCUT2D eigenvalue weighted by Crippen LogP contribution is -2.39. The number of hydrogen-bond acceptors (Lipinski definition) is 2. The van der Waals surface area contributed by atoms with E-state index >= 15 is 0 Å². The molecule has 0 spiro atoms. The van der Waals surface area contributed by atoms with Gasteiger partial charge in [-0.3, -0.25) is 4.79 Å². The number of carbonyl (C=O) groups is 1. The van der Waals surface area contributed by atoms with Gasteiger partial charge in [-0.2, -0.15) is 0 Å². The molecule has 0 aliphatic carbocycles. The van der Waals surface area contributed by atoms with Gasteiger partial charge in [0.15, 0.2) is 0 Å². The topological polar surface area (TPSA) is 46.3 Å². The van der Waals surface area contributed by atoms with Gasteiger partial charge in [-0.1, -0.05) is 26.7 Å². The summed E-state index contributed by atoms with van der Waals surface area (Å²) >= 11 is 0. The Kier molecular flexibility index (Phi) is 6.56. The summed E-state index contributed by atoms with van der Waals surface area (Å²) in [4.78, 5) is 14.4. The van der Waals surface area contributed by atoms with Crippen molar-refractivity contribution in [1.82, 2.24) is 4.90 Å². The zero-order chi connectivity index (χ0) is 12.7. The van der Waals surface area contributed by atoms with Crippen molar-refractivity contribution in [3.05, 3.63) is 0 Å². The van der Waals surface area contributed by atoms with Crippen LogP contribution in [0.5, 0.6) is 0 Å². The average molecular weight is 240 g/mol. The van der Waals surface area contributed by atoms with Gasteiger partial charge in [0.05, 0.1) is 0 Å². The molecule has 2 atom stereocenters. The third kappa shape index (κ3) is 4.66. The summed E-state index contributed by atoms with van der Waals surface area (Å²) in [6, 6.07) is 0.484. The van der Waals surface area contributed by atoms with Gasteiger partial charge < -0.3 is 10.6 Å². The Morgan fingerprint density at radius 3 is 2.82 bits per heavy atom. The third-order valence-electron chi connectivity index (χ3n) is 3.92. The fourth-order valence-electron chi connectivity index (χ4n) is 2.56. The molecule has 0 aromatic heterocycles. The molecule has 17 heavy (non-hydrogen) atoms. The van der Waals surface area contributed by atoms with Crippen LogP contribution in [-0.4, -0.2) is 29.9 Å². The minimum Gasteiger partial charge on any atom is -0.340 e. The number of carbonyl (C=O) groups excluding carboxylic acids is 1. The molecule has 0 radical (unpaired) electrons. The van der Waals surface area contributed by atoms with E-state index in [1.165, 1.54) is 25.7 Å². The summed E-state index contributed by atoms with van der Waals surface area (Å²) < 4.78 is 0. The largest absolute Gasteiger partial charge is 0.340 e. The molecule has 2 N–H and O–H groups in total. The molecule has 1 rings (SSSR count). The van der Waals surface area contributed by atoms with Crippen molar-refractivity contribution in [3.8, 4) is 0 Å². The van der Waals surface area contributed by atoms with E-state index < -0.39 is 0 Å². The number of nitrogens with zero attached hydrogens (tertiary/aromatic N) is 1. The van der Waals surface area contributed by atoms with Crippen molar-refractivity contribution < 1.29 is 4.79 Å². The molecule has 0 saturated carbocycles. The molecule has 100 valence electrons. The first-order valence-corrected chi connectivity index (χ1v) is 7.18. The highest BCUT2D eigenvalue weighted by Crippen LogP contribution is 2.20. The van der Waals surface area contributed by atoms with Crippen molar-refractivity contribution in [2.75, 3.05) is 13.1 Å². The van der Waals surface area contributed by atoms with Gasteiger partial charge in [0, 0.05) is 19.0 Å². The maximum Gasteiger partial charge on any atom is 0.222 e. The number of hydrogen-bond donors (Lipinski definition) is 1. The van der Waals surface area contributed by atoms with Gasteiger partial charge in [0.1, 0.15) is 0 Å². The zero-order valence-corrected chi connectivity index (χ0v) is 11.5. The third-order valence-corrected chi connectivity index (χ3v) is 3.92. The number of rotatable bonds is 5. The highest BCUT2D eigenvalue weighted by atomic mass is 16.2. The second-order valence-electron chi connectivity index (χ2n) is 5.38. The molecule has 1 aliphatic heterocycles. The normalized spacial score (nSPS) is 23.2. The minimum atomic E-state index is 0.346. The van der Waals surface area contributed by atoms with Crippen LogP contribution in [0.3, 0.4) is 0 Å². The van der Waals surface area contributed by atoms with E-state index in [4.69, 9.17) is 5.73 Å². The second-order valence-corrected chi connectivity index (χ2v) is 5.38. The van der Waals surface area contributed by atoms with Gasteiger partial charge in [0.2, 0.25) is 5.91 Å². The molecule has 1 aliphatic rings. The van der Waals surface area contributed by atoms with Crippen LogP contribution in [0.15, 0.2) is 0 Å². The Bertz CT molecular complexity index is 230. The molecule has 1 fully saturated rings. The van der Waals surface area contributed by atoms with Gasteiger partial charge in [-0.05, 0) is 38.1 Å². The van der Waals surface area contributed by atoms with E-state index in [1.807, 2.05) is 0 Å². The van der Waals surface area contributed by atoms with E-state index in [0.29, 0.717) is 30.8 Å². The smallest absolute Gasteiger partial charge is 0.222 e. The van der Waals surface area contributed by atoms with Crippen LogP contribution in [0.4, 0.5) is 0 Å². The lowest BCUT2D eigenvalue weighted by molar-refractivity contribution is -0.133. The Hall–Kier alpha value is -0.570. The van der Waals surface area contributed by atoms with E-state index in [1.54, 1.807) is 0 Å². The maximum atomic E-state index is 12.2. The number of amides is 1. The van der Waals surface area contributed by atoms with Gasteiger partial charge in [0.25, 0.3) is 0 Å². The van der Waals surface area contributed by atoms with Crippen LogP contribution < -0.4 is 5.73 Å². The standard InChI is InChI=1S/C14H28N2O/c1-3-13-7-5-4-6-10-16(13)14(17)9-8-12(2)11-15/h12-13H,3-11,15H2,1-2H3. The van der Waals surface area contributed by atoms with E-state index in [-0.39, 0.29) is 0 Å². The molecule has 3 nitrogen and oxygen atoms in total. The van der Waals surface area contributed by atoms with E-state index in [9.17, 15) is 4.79 Å². The maximum absolute atomic E-state index is 12.2. The molecule has 1 heterocycles. The first kappa shape index (κ1) is 14.5. The highest BCUT2D eigenvalue weighted by molar-refractivity contribution is 5.76. The lowest BCUT2D eigenvalue weighted by atomic mass is 10.0. The Labute approximate surface area is 106 Å². The molecular weight excluding hydrogens is 212 g/mol. The highest BCUT2D eigenvalue weighted by Gasteiger charge is 2.23. The molecule has 0 bridgehead atoms. The summed E-state index contributed by atoms with van der Waals surface area (Å²) in [6.45, 7) is 5.96. The predicted molar refractivity (Wildman–Crippen MR) is 71.7 cm³/mol. The molecule has 3 heteroatoms. The van der Waals surface area contributed by atoms with Crippen molar-refractivity contribution in [2.24, 2.45) is 11.7 Å². The second kappa shape index (κ2) is 7.70. The average Bonchev–Trinajstić information content (AvgIpc) is 2.60. The molecular formula is C14H28N2O. The van der Waals surface area contributed by atoms with Crippen LogP contribution in [0.2, 0.25) is 0 Å².